The Morgan fingerprint density at radius 3 is 0.439 bits per heavy atom. The fourth-order valence-corrected chi connectivity index (χ4v) is 6.69. The van der Waals surface area contributed by atoms with Crippen molar-refractivity contribution in [2.45, 2.75) is 261 Å². The summed E-state index contributed by atoms with van der Waals surface area (Å²) in [5.74, 6) is 0. The van der Waals surface area contributed by atoms with Gasteiger partial charge in [0.1, 0.15) is 0 Å². The normalized spacial score (nSPS) is 10.9. The first kappa shape index (κ1) is 66.6. The van der Waals surface area contributed by atoms with Gasteiger partial charge in [0.15, 0.2) is 0 Å². The van der Waals surface area contributed by atoms with Crippen LogP contribution >= 0.6 is 0 Å². The minimum Gasteiger partial charge on any atom is -0.307 e. The van der Waals surface area contributed by atoms with Crippen molar-refractivity contribution in [3.8, 4) is 0 Å². The number of nitrogens with zero attached hydrogens (tertiary/aromatic N) is 4. The zero-order valence-electron chi connectivity index (χ0n) is 42.4. The second kappa shape index (κ2) is 63.1. The summed E-state index contributed by atoms with van der Waals surface area (Å²) < 4.78 is 0. The van der Waals surface area contributed by atoms with Crippen LogP contribution in [0.1, 0.15) is 261 Å². The number of unbranched alkanes of at least 4 members (excludes halogenated alkanes) is 28. The molecule has 0 spiro atoms. The van der Waals surface area contributed by atoms with Crippen molar-refractivity contribution in [3.05, 3.63) is 0 Å². The van der Waals surface area contributed by atoms with Gasteiger partial charge in [0.2, 0.25) is 0 Å². The molecule has 0 bridgehead atoms. The maximum absolute atomic E-state index is 2.40. The first-order chi connectivity index (χ1) is 27.2. The molecule has 4 nitrogen and oxygen atoms in total. The van der Waals surface area contributed by atoms with Crippen LogP contribution in [0.2, 0.25) is 0 Å². The molecule has 352 valence electrons. The van der Waals surface area contributed by atoms with Gasteiger partial charge in [-0.1, -0.05) is 235 Å². The van der Waals surface area contributed by atoms with Crippen LogP contribution in [0.4, 0.5) is 0 Å². The minimum absolute atomic E-state index is 0. The van der Waals surface area contributed by atoms with Crippen LogP contribution in [0.15, 0.2) is 0 Å². The maximum atomic E-state index is 2.40. The van der Waals surface area contributed by atoms with Gasteiger partial charge in [-0.05, 0) is 106 Å². The molecule has 0 saturated heterocycles. The van der Waals surface area contributed by atoms with Crippen LogP contribution in [0, 0.1) is 0 Å². The van der Waals surface area contributed by atoms with Crippen LogP contribution in [-0.2, 0) is 19.5 Å². The van der Waals surface area contributed by atoms with Crippen molar-refractivity contribution < 1.29 is 19.5 Å². The first-order valence-corrected chi connectivity index (χ1v) is 26.0. The third-order valence-corrected chi connectivity index (χ3v) is 11.7. The average molecular weight is 899 g/mol. The van der Waals surface area contributed by atoms with Crippen LogP contribution < -0.4 is 0 Å². The van der Waals surface area contributed by atoms with Crippen LogP contribution in [-0.4, -0.2) is 100 Å². The van der Waals surface area contributed by atoms with E-state index in [9.17, 15) is 0 Å². The Labute approximate surface area is 378 Å². The maximum Gasteiger partial charge on any atom is 0 e. The van der Waals surface area contributed by atoms with Crippen molar-refractivity contribution in [1.82, 2.24) is 19.6 Å². The SMILES string of the molecule is CCCCCCCCCCN(C)CC.CCCCCCCCCCN(C)CC.CCCCCCCCCCN(C)CC.CCCCCCCCCCN(C)CC.[Ru]. The van der Waals surface area contributed by atoms with E-state index >= 15 is 0 Å². The third-order valence-electron chi connectivity index (χ3n) is 11.7. The van der Waals surface area contributed by atoms with E-state index < -0.39 is 0 Å². The van der Waals surface area contributed by atoms with Crippen LogP contribution in [0.5, 0.6) is 0 Å². The Hall–Kier alpha value is 0.463. The summed E-state index contributed by atoms with van der Waals surface area (Å²) in [7, 11) is 8.84. The van der Waals surface area contributed by atoms with E-state index in [1.165, 1.54) is 258 Å². The Kier molecular flexibility index (Phi) is 73.7. The summed E-state index contributed by atoms with van der Waals surface area (Å²) in [5.41, 5.74) is 0. The standard InChI is InChI=1S/4C13H29N.Ru/c4*1-4-6-7-8-9-10-11-12-13-14(3)5-2;/h4*4-13H2,1-3H3;. The van der Waals surface area contributed by atoms with Crippen LogP contribution in [0.25, 0.3) is 0 Å². The van der Waals surface area contributed by atoms with E-state index in [-0.39, 0.29) is 19.5 Å². The summed E-state index contributed by atoms with van der Waals surface area (Å²) >= 11 is 0. The van der Waals surface area contributed by atoms with Crippen molar-refractivity contribution in [3.63, 3.8) is 0 Å². The predicted octanol–water partition coefficient (Wildman–Crippen LogP) is 16.3. The summed E-state index contributed by atoms with van der Waals surface area (Å²) in [6, 6.07) is 0. The smallest absolute Gasteiger partial charge is 0 e. The summed E-state index contributed by atoms with van der Waals surface area (Å²) in [6.07, 6.45) is 45.6. The van der Waals surface area contributed by atoms with Gasteiger partial charge in [0.25, 0.3) is 0 Å². The summed E-state index contributed by atoms with van der Waals surface area (Å²) in [4.78, 5) is 9.60. The van der Waals surface area contributed by atoms with Crippen molar-refractivity contribution in [2.24, 2.45) is 0 Å². The van der Waals surface area contributed by atoms with Gasteiger partial charge in [-0.25, -0.2) is 0 Å². The van der Waals surface area contributed by atoms with Gasteiger partial charge in [-0.15, -0.1) is 0 Å². The molecule has 0 aromatic rings. The Bertz CT molecular complexity index is 517. The monoisotopic (exact) mass is 899 g/mol. The van der Waals surface area contributed by atoms with Gasteiger partial charge >= 0.3 is 0 Å². The van der Waals surface area contributed by atoms with Crippen molar-refractivity contribution in [2.75, 3.05) is 80.5 Å². The van der Waals surface area contributed by atoms with Gasteiger partial charge in [-0.3, -0.25) is 0 Å². The molecule has 0 aromatic heterocycles. The molecule has 57 heavy (non-hydrogen) atoms. The predicted molar refractivity (Wildman–Crippen MR) is 263 cm³/mol. The number of hydrogen-bond donors (Lipinski definition) is 0. The molecule has 5 heteroatoms. The molecule has 0 aliphatic carbocycles. The molecule has 0 aromatic carbocycles. The molecule has 0 radical (unpaired) electrons. The quantitative estimate of drug-likeness (QED) is 0.0449. The molecule has 0 saturated carbocycles. The molecule has 0 aliphatic heterocycles. The van der Waals surface area contributed by atoms with Gasteiger partial charge < -0.3 is 19.6 Å². The summed E-state index contributed by atoms with van der Waals surface area (Å²) in [5, 5.41) is 0. The van der Waals surface area contributed by atoms with E-state index in [1.54, 1.807) is 0 Å². The van der Waals surface area contributed by atoms with Gasteiger partial charge in [0, 0.05) is 19.5 Å². The molecular weight excluding hydrogens is 782 g/mol. The van der Waals surface area contributed by atoms with Gasteiger partial charge in [-0.2, -0.15) is 0 Å². The number of rotatable bonds is 40. The van der Waals surface area contributed by atoms with E-state index in [2.05, 4.69) is 103 Å². The molecule has 0 aliphatic rings. The second-order valence-electron chi connectivity index (χ2n) is 17.5. The molecular formula is C52H116N4Ru. The fraction of sp³-hybridized carbons (Fsp3) is 1.00. The molecule has 0 amide bonds. The van der Waals surface area contributed by atoms with E-state index in [0.29, 0.717) is 0 Å². The second-order valence-corrected chi connectivity index (χ2v) is 17.5. The topological polar surface area (TPSA) is 13.0 Å². The molecule has 0 atom stereocenters. The van der Waals surface area contributed by atoms with E-state index in [4.69, 9.17) is 0 Å². The fourth-order valence-electron chi connectivity index (χ4n) is 6.69. The Morgan fingerprint density at radius 1 is 0.193 bits per heavy atom. The Morgan fingerprint density at radius 2 is 0.316 bits per heavy atom. The van der Waals surface area contributed by atoms with Crippen LogP contribution in [0.3, 0.4) is 0 Å². The molecule has 0 fully saturated rings. The van der Waals surface area contributed by atoms with E-state index in [1.807, 2.05) is 0 Å². The van der Waals surface area contributed by atoms with Gasteiger partial charge in [0.05, 0.1) is 0 Å². The molecule has 0 heterocycles. The van der Waals surface area contributed by atoms with Crippen molar-refractivity contribution >= 4 is 0 Å². The molecule has 0 unspecified atom stereocenters. The first-order valence-electron chi connectivity index (χ1n) is 26.0. The van der Waals surface area contributed by atoms with Crippen molar-refractivity contribution in [1.29, 1.82) is 0 Å². The Balaban J connectivity index is -0.000000210. The average Bonchev–Trinajstić information content (AvgIpc) is 3.22. The number of hydrogen-bond acceptors (Lipinski definition) is 4. The summed E-state index contributed by atoms with van der Waals surface area (Å²) in [6.45, 7) is 27.9. The molecule has 0 rings (SSSR count). The zero-order chi connectivity index (χ0) is 42.6. The van der Waals surface area contributed by atoms with E-state index in [0.717, 1.165) is 0 Å². The molecule has 0 N–H and O–H groups in total. The zero-order valence-corrected chi connectivity index (χ0v) is 44.2. The third kappa shape index (κ3) is 71.3. The largest absolute Gasteiger partial charge is 0.307 e. The minimum atomic E-state index is 0.